The van der Waals surface area contributed by atoms with Gasteiger partial charge in [0.2, 0.25) is 0 Å². The summed E-state index contributed by atoms with van der Waals surface area (Å²) >= 11 is 0. The molecule has 0 saturated carbocycles. The minimum Gasteiger partial charge on any atom is -0.299 e. The van der Waals surface area contributed by atoms with Crippen LogP contribution in [0.4, 0.5) is 0 Å². The molecule has 0 N–H and O–H groups in total. The van der Waals surface area contributed by atoms with Crippen LogP contribution >= 0.6 is 0 Å². The summed E-state index contributed by atoms with van der Waals surface area (Å²) in [6, 6.07) is 6.11. The molecule has 1 aromatic heterocycles. The summed E-state index contributed by atoms with van der Waals surface area (Å²) in [6.45, 7) is 6.60. The molecule has 1 atom stereocenters. The second-order valence-electron chi connectivity index (χ2n) is 5.04. The Morgan fingerprint density at radius 3 is 2.52 bits per heavy atom. The highest BCUT2D eigenvalue weighted by Gasteiger charge is 2.03. The zero-order chi connectivity index (χ0) is 15.8. The van der Waals surface area contributed by atoms with Gasteiger partial charge in [-0.2, -0.15) is 0 Å². The van der Waals surface area contributed by atoms with E-state index in [9.17, 15) is 4.79 Å². The quantitative estimate of drug-likeness (QED) is 0.274. The van der Waals surface area contributed by atoms with Crippen LogP contribution in [0.15, 0.2) is 48.7 Å². The average molecular weight is 287 g/mol. The number of aromatic nitrogens is 1. The van der Waals surface area contributed by atoms with Crippen molar-refractivity contribution < 1.29 is 4.79 Å². The monoisotopic (exact) mass is 287 g/mol. The Bertz CT molecular complexity index is 395. The Morgan fingerprint density at radius 2 is 1.95 bits per heavy atom. The predicted molar refractivity (Wildman–Crippen MR) is 91.4 cm³/mol. The summed E-state index contributed by atoms with van der Waals surface area (Å²) in [5.41, 5.74) is 1.22. The second-order valence-corrected chi connectivity index (χ2v) is 5.04. The Labute approximate surface area is 130 Å². The van der Waals surface area contributed by atoms with Crippen molar-refractivity contribution in [3.63, 3.8) is 0 Å². The summed E-state index contributed by atoms with van der Waals surface area (Å²) in [5, 5.41) is 0. The van der Waals surface area contributed by atoms with E-state index in [1.165, 1.54) is 37.5 Å². The first-order valence-electron chi connectivity index (χ1n) is 7.94. The largest absolute Gasteiger partial charge is 0.299 e. The van der Waals surface area contributed by atoms with Crippen LogP contribution in [0.3, 0.4) is 0 Å². The molecular weight excluding hydrogens is 258 g/mol. The molecule has 0 aliphatic carbocycles. The van der Waals surface area contributed by atoms with Crippen molar-refractivity contribution in [1.82, 2.24) is 4.98 Å². The molecule has 0 spiro atoms. The van der Waals surface area contributed by atoms with E-state index in [0.717, 1.165) is 12.7 Å². The molecule has 0 bridgehead atoms. The Morgan fingerprint density at radius 1 is 1.14 bits per heavy atom. The summed E-state index contributed by atoms with van der Waals surface area (Å²) in [6.07, 6.45) is 15.9. The number of nitrogens with zero attached hydrogens (tertiary/aromatic N) is 1. The molecule has 0 radical (unpaired) electrons. The van der Waals surface area contributed by atoms with Gasteiger partial charge in [-0.3, -0.25) is 9.78 Å². The van der Waals surface area contributed by atoms with Gasteiger partial charge in [0.25, 0.3) is 0 Å². The number of aldehydes is 1. The van der Waals surface area contributed by atoms with Crippen LogP contribution < -0.4 is 0 Å². The lowest BCUT2D eigenvalue weighted by atomic mass is 10.0. The fourth-order valence-corrected chi connectivity index (χ4v) is 1.85. The van der Waals surface area contributed by atoms with E-state index in [2.05, 4.69) is 44.0 Å². The first kappa shape index (κ1) is 19.3. The van der Waals surface area contributed by atoms with Crippen molar-refractivity contribution in [3.05, 3.63) is 54.4 Å². The number of carbonyl (C=O) groups excluding carboxylic acids is 1. The van der Waals surface area contributed by atoms with Crippen LogP contribution in [0, 0.1) is 0 Å². The lowest BCUT2D eigenvalue weighted by Crippen LogP contribution is -1.94. The van der Waals surface area contributed by atoms with Gasteiger partial charge in [0.05, 0.1) is 0 Å². The van der Waals surface area contributed by atoms with Crippen LogP contribution in [0.2, 0.25) is 0 Å². The van der Waals surface area contributed by atoms with Gasteiger partial charge in [0, 0.05) is 11.9 Å². The number of hydrogen-bond donors (Lipinski definition) is 0. The normalized spacial score (nSPS) is 12.1. The predicted octanol–water partition coefficient (Wildman–Crippen LogP) is 5.47. The molecule has 1 rings (SSSR count). The Balaban J connectivity index is 0.000000384. The molecule has 2 heteroatoms. The van der Waals surface area contributed by atoms with E-state index in [-0.39, 0.29) is 0 Å². The summed E-state index contributed by atoms with van der Waals surface area (Å²) < 4.78 is 0. The zero-order valence-corrected chi connectivity index (χ0v) is 13.7. The number of unbranched alkanes of at least 4 members (excludes halogenated alkanes) is 2. The zero-order valence-electron chi connectivity index (χ0n) is 13.7. The average Bonchev–Trinajstić information content (AvgIpc) is 2.52. The highest BCUT2D eigenvalue weighted by atomic mass is 16.1. The Kier molecular flexibility index (Phi) is 13.5. The van der Waals surface area contributed by atoms with E-state index in [0.29, 0.717) is 5.92 Å². The molecule has 0 fully saturated rings. The number of allylic oxidation sites excluding steroid dienone is 4. The van der Waals surface area contributed by atoms with Gasteiger partial charge in [0.1, 0.15) is 6.29 Å². The van der Waals surface area contributed by atoms with Crippen molar-refractivity contribution in [2.75, 3.05) is 0 Å². The summed E-state index contributed by atoms with van der Waals surface area (Å²) in [5.74, 6) is 0.612. The summed E-state index contributed by atoms with van der Waals surface area (Å²) in [7, 11) is 0. The fraction of sp³-hybridized carbons (Fsp3) is 0.474. The van der Waals surface area contributed by atoms with Crippen molar-refractivity contribution in [2.45, 2.75) is 58.8 Å². The smallest absolute Gasteiger partial charge is 0.142 e. The van der Waals surface area contributed by atoms with E-state index < -0.39 is 0 Å². The van der Waals surface area contributed by atoms with Crippen molar-refractivity contribution in [3.8, 4) is 0 Å². The molecule has 1 unspecified atom stereocenters. The first-order valence-corrected chi connectivity index (χ1v) is 7.94. The minimum atomic E-state index is 0.612. The number of pyridine rings is 1. The molecule has 1 heterocycles. The Hall–Kier alpha value is -1.70. The molecule has 0 amide bonds. The maximum atomic E-state index is 9.77. The fourth-order valence-electron chi connectivity index (χ4n) is 1.85. The molecule has 0 aliphatic heterocycles. The van der Waals surface area contributed by atoms with E-state index >= 15 is 0 Å². The number of hydrogen-bond acceptors (Lipinski definition) is 2. The van der Waals surface area contributed by atoms with Crippen molar-refractivity contribution in [2.24, 2.45) is 0 Å². The topological polar surface area (TPSA) is 30.0 Å². The lowest BCUT2D eigenvalue weighted by Gasteiger charge is -2.07. The van der Waals surface area contributed by atoms with Crippen LogP contribution in [0.5, 0.6) is 0 Å². The van der Waals surface area contributed by atoms with Crippen LogP contribution in [-0.4, -0.2) is 11.3 Å². The molecule has 2 nitrogen and oxygen atoms in total. The number of rotatable bonds is 8. The SMILES string of the molecule is CCCC(C)c1ccccn1.CCCC/C=C/C=C/C=O. The maximum absolute atomic E-state index is 9.77. The van der Waals surface area contributed by atoms with Gasteiger partial charge in [-0.1, -0.05) is 64.3 Å². The van der Waals surface area contributed by atoms with Gasteiger partial charge < -0.3 is 0 Å². The van der Waals surface area contributed by atoms with Crippen LogP contribution in [0.25, 0.3) is 0 Å². The summed E-state index contributed by atoms with van der Waals surface area (Å²) in [4.78, 5) is 14.1. The molecule has 21 heavy (non-hydrogen) atoms. The maximum Gasteiger partial charge on any atom is 0.142 e. The van der Waals surface area contributed by atoms with Gasteiger partial charge >= 0.3 is 0 Å². The van der Waals surface area contributed by atoms with Crippen molar-refractivity contribution in [1.29, 1.82) is 0 Å². The van der Waals surface area contributed by atoms with Gasteiger partial charge in [-0.15, -0.1) is 0 Å². The molecule has 116 valence electrons. The van der Waals surface area contributed by atoms with Crippen LogP contribution in [-0.2, 0) is 4.79 Å². The third kappa shape index (κ3) is 11.8. The third-order valence-electron chi connectivity index (χ3n) is 3.08. The number of carbonyl (C=O) groups is 1. The molecule has 1 aromatic rings. The van der Waals surface area contributed by atoms with Gasteiger partial charge in [-0.25, -0.2) is 0 Å². The van der Waals surface area contributed by atoms with E-state index in [1.807, 2.05) is 18.3 Å². The van der Waals surface area contributed by atoms with Crippen molar-refractivity contribution >= 4 is 6.29 Å². The van der Waals surface area contributed by atoms with Crippen LogP contribution in [0.1, 0.15) is 64.5 Å². The second kappa shape index (κ2) is 14.7. The molecule has 0 aliphatic rings. The third-order valence-corrected chi connectivity index (χ3v) is 3.08. The molecule has 0 saturated heterocycles. The lowest BCUT2D eigenvalue weighted by molar-refractivity contribution is -0.104. The van der Waals surface area contributed by atoms with Gasteiger partial charge in [0.15, 0.2) is 0 Å². The standard InChI is InChI=1S/C10H15N.C9H14O/c1-3-6-9(2)10-7-4-5-8-11-10;1-2-3-4-5-6-7-8-9-10/h4-5,7-9H,3,6H2,1-2H3;5-9H,2-4H2,1H3/b;6-5+,8-7+. The molecule has 0 aromatic carbocycles. The van der Waals surface area contributed by atoms with Gasteiger partial charge in [-0.05, 0) is 37.0 Å². The van der Waals surface area contributed by atoms with E-state index in [4.69, 9.17) is 0 Å². The highest BCUT2D eigenvalue weighted by Crippen LogP contribution is 2.16. The molecular formula is C19H29NO. The highest BCUT2D eigenvalue weighted by molar-refractivity contribution is 5.65. The first-order chi connectivity index (χ1) is 10.3. The van der Waals surface area contributed by atoms with E-state index in [1.54, 1.807) is 6.08 Å². The minimum absolute atomic E-state index is 0.612.